The lowest BCUT2D eigenvalue weighted by molar-refractivity contribution is -0.128. The van der Waals surface area contributed by atoms with Crippen molar-refractivity contribution in [3.63, 3.8) is 0 Å². The number of methoxy groups -OCH3 is 1. The number of hydrogen-bond acceptors (Lipinski definition) is 3. The van der Waals surface area contributed by atoms with Gasteiger partial charge in [0.05, 0.1) is 13.2 Å². The van der Waals surface area contributed by atoms with Crippen LogP contribution in [0.1, 0.15) is 48.6 Å². The molecule has 0 aliphatic carbocycles. The molecule has 1 N–H and O–H groups in total. The topological polar surface area (TPSA) is 47.6 Å². The molecule has 0 bridgehead atoms. The molecule has 5 heteroatoms. The molecule has 0 fully saturated rings. The predicted octanol–water partition coefficient (Wildman–Crippen LogP) is 5.31. The highest BCUT2D eigenvalue weighted by molar-refractivity contribution is 6.32. The number of carbonyl (C=O) groups excluding carboxylic acids is 1. The second kappa shape index (κ2) is 9.14. The normalized spacial score (nSPS) is 13.0. The van der Waals surface area contributed by atoms with Crippen LogP contribution in [-0.4, -0.2) is 19.1 Å². The van der Waals surface area contributed by atoms with E-state index in [1.54, 1.807) is 14.0 Å². The Labute approximate surface area is 166 Å². The van der Waals surface area contributed by atoms with Gasteiger partial charge in [0.1, 0.15) is 11.5 Å². The average molecular weight is 390 g/mol. The number of aryl methyl sites for hydroxylation is 3. The van der Waals surface area contributed by atoms with Gasteiger partial charge >= 0.3 is 0 Å². The fraction of sp³-hybridized carbons (Fsp3) is 0.409. The zero-order valence-corrected chi connectivity index (χ0v) is 17.6. The number of carbonyl (C=O) groups is 1. The van der Waals surface area contributed by atoms with Crippen molar-refractivity contribution in [1.29, 1.82) is 0 Å². The third-order valence-electron chi connectivity index (χ3n) is 4.64. The number of amides is 1. The minimum absolute atomic E-state index is 0.0816. The molecule has 2 aromatic carbocycles. The molecule has 146 valence electrons. The van der Waals surface area contributed by atoms with Crippen LogP contribution in [0.4, 0.5) is 0 Å². The van der Waals surface area contributed by atoms with Crippen molar-refractivity contribution in [2.45, 2.75) is 53.2 Å². The van der Waals surface area contributed by atoms with Gasteiger partial charge in [0.25, 0.3) is 5.91 Å². The smallest absolute Gasteiger partial charge is 0.261 e. The lowest BCUT2D eigenvalue weighted by Crippen LogP contribution is -2.38. The van der Waals surface area contributed by atoms with E-state index >= 15 is 0 Å². The summed E-state index contributed by atoms with van der Waals surface area (Å²) in [6, 6.07) is 9.58. The molecular formula is C22H28ClNO3. The van der Waals surface area contributed by atoms with E-state index in [-0.39, 0.29) is 11.9 Å². The SMILES string of the molecule is CC[C@H](NC(=O)[C@H](C)Oc1cc(C)c(Cl)c(C)c1)c1ccc(OC)c(C)c1. The number of benzene rings is 2. The van der Waals surface area contributed by atoms with Gasteiger partial charge in [0.15, 0.2) is 6.10 Å². The largest absolute Gasteiger partial charge is 0.496 e. The molecular weight excluding hydrogens is 362 g/mol. The molecule has 27 heavy (non-hydrogen) atoms. The van der Waals surface area contributed by atoms with Gasteiger partial charge in [-0.05, 0) is 74.6 Å². The Morgan fingerprint density at radius 1 is 1.11 bits per heavy atom. The molecule has 0 spiro atoms. The molecule has 0 radical (unpaired) electrons. The zero-order chi connectivity index (χ0) is 20.1. The Hall–Kier alpha value is -2.20. The first kappa shape index (κ1) is 21.1. The van der Waals surface area contributed by atoms with Crippen LogP contribution in [0.5, 0.6) is 11.5 Å². The molecule has 0 aliphatic rings. The van der Waals surface area contributed by atoms with Crippen LogP contribution < -0.4 is 14.8 Å². The van der Waals surface area contributed by atoms with Gasteiger partial charge in [0, 0.05) is 5.02 Å². The Morgan fingerprint density at radius 2 is 1.74 bits per heavy atom. The average Bonchev–Trinajstić information content (AvgIpc) is 2.63. The van der Waals surface area contributed by atoms with Crippen molar-refractivity contribution in [2.75, 3.05) is 7.11 Å². The molecule has 0 unspecified atom stereocenters. The van der Waals surface area contributed by atoms with E-state index in [1.807, 2.05) is 58.0 Å². The molecule has 0 heterocycles. The summed E-state index contributed by atoms with van der Waals surface area (Å²) in [7, 11) is 1.65. The van der Waals surface area contributed by atoms with E-state index in [0.29, 0.717) is 5.75 Å². The summed E-state index contributed by atoms with van der Waals surface area (Å²) in [5.41, 5.74) is 3.95. The van der Waals surface area contributed by atoms with Crippen molar-refractivity contribution in [1.82, 2.24) is 5.32 Å². The standard InChI is InChI=1S/C22H28ClNO3/c1-7-19(17-8-9-20(26-6)13(2)10-17)24-22(25)16(5)27-18-11-14(3)21(23)15(4)12-18/h8-12,16,19H,7H2,1-6H3,(H,24,25)/t16-,19-/m0/s1. The first-order valence-electron chi connectivity index (χ1n) is 9.15. The van der Waals surface area contributed by atoms with E-state index in [0.717, 1.165) is 39.4 Å². The monoisotopic (exact) mass is 389 g/mol. The Bertz CT molecular complexity index is 796. The molecule has 0 saturated heterocycles. The minimum Gasteiger partial charge on any atom is -0.496 e. The summed E-state index contributed by atoms with van der Waals surface area (Å²) in [6.07, 6.45) is 0.169. The van der Waals surface area contributed by atoms with Gasteiger partial charge in [-0.3, -0.25) is 4.79 Å². The van der Waals surface area contributed by atoms with Crippen LogP contribution in [0.3, 0.4) is 0 Å². The van der Waals surface area contributed by atoms with Gasteiger partial charge in [-0.1, -0.05) is 30.7 Å². The first-order chi connectivity index (χ1) is 12.8. The van der Waals surface area contributed by atoms with Crippen LogP contribution in [0, 0.1) is 20.8 Å². The molecule has 4 nitrogen and oxygen atoms in total. The van der Waals surface area contributed by atoms with Crippen LogP contribution in [0.15, 0.2) is 30.3 Å². The van der Waals surface area contributed by atoms with Crippen molar-refractivity contribution < 1.29 is 14.3 Å². The minimum atomic E-state index is -0.613. The predicted molar refractivity (Wildman–Crippen MR) is 110 cm³/mol. The molecule has 0 aromatic heterocycles. The summed E-state index contributed by atoms with van der Waals surface area (Å²) in [5, 5.41) is 3.80. The van der Waals surface area contributed by atoms with E-state index < -0.39 is 6.10 Å². The maximum atomic E-state index is 12.6. The van der Waals surface area contributed by atoms with Gasteiger partial charge in [-0.25, -0.2) is 0 Å². The zero-order valence-electron chi connectivity index (χ0n) is 16.9. The molecule has 0 aliphatic heterocycles. The lowest BCUT2D eigenvalue weighted by Gasteiger charge is -2.22. The highest BCUT2D eigenvalue weighted by Gasteiger charge is 2.20. The van der Waals surface area contributed by atoms with E-state index in [2.05, 4.69) is 5.32 Å². The molecule has 2 rings (SSSR count). The fourth-order valence-corrected chi connectivity index (χ4v) is 3.17. The lowest BCUT2D eigenvalue weighted by atomic mass is 10.0. The fourth-order valence-electron chi connectivity index (χ4n) is 3.06. The summed E-state index contributed by atoms with van der Waals surface area (Å²) in [4.78, 5) is 12.6. The van der Waals surface area contributed by atoms with Gasteiger partial charge in [-0.2, -0.15) is 0 Å². The highest BCUT2D eigenvalue weighted by atomic mass is 35.5. The summed E-state index contributed by atoms with van der Waals surface area (Å²) in [6.45, 7) is 9.63. The third kappa shape index (κ3) is 5.16. The Kier molecular flexibility index (Phi) is 7.14. The highest BCUT2D eigenvalue weighted by Crippen LogP contribution is 2.27. The maximum Gasteiger partial charge on any atom is 0.261 e. The van der Waals surface area contributed by atoms with E-state index in [4.69, 9.17) is 21.1 Å². The molecule has 1 amide bonds. The number of rotatable bonds is 7. The van der Waals surface area contributed by atoms with Gasteiger partial charge in [-0.15, -0.1) is 0 Å². The summed E-state index contributed by atoms with van der Waals surface area (Å²) in [5.74, 6) is 1.33. The second-order valence-electron chi connectivity index (χ2n) is 6.83. The quantitative estimate of drug-likeness (QED) is 0.698. The van der Waals surface area contributed by atoms with Crippen molar-refractivity contribution >= 4 is 17.5 Å². The van der Waals surface area contributed by atoms with Crippen LogP contribution >= 0.6 is 11.6 Å². The maximum absolute atomic E-state index is 12.6. The number of ether oxygens (including phenoxy) is 2. The van der Waals surface area contributed by atoms with E-state index in [1.165, 1.54) is 0 Å². The molecule has 2 aromatic rings. The van der Waals surface area contributed by atoms with Gasteiger partial charge < -0.3 is 14.8 Å². The number of halogens is 1. The van der Waals surface area contributed by atoms with Crippen molar-refractivity contribution in [3.8, 4) is 11.5 Å². The Morgan fingerprint density at radius 3 is 2.26 bits per heavy atom. The van der Waals surface area contributed by atoms with Gasteiger partial charge in [0.2, 0.25) is 0 Å². The first-order valence-corrected chi connectivity index (χ1v) is 9.52. The molecule has 0 saturated carbocycles. The van der Waals surface area contributed by atoms with Crippen LogP contribution in [-0.2, 0) is 4.79 Å². The second-order valence-corrected chi connectivity index (χ2v) is 7.21. The van der Waals surface area contributed by atoms with E-state index in [9.17, 15) is 4.79 Å². The Balaban J connectivity index is 2.08. The number of hydrogen-bond donors (Lipinski definition) is 1. The summed E-state index contributed by atoms with van der Waals surface area (Å²) < 4.78 is 11.2. The van der Waals surface area contributed by atoms with Crippen LogP contribution in [0.2, 0.25) is 5.02 Å². The number of nitrogens with one attached hydrogen (secondary N) is 1. The van der Waals surface area contributed by atoms with Crippen molar-refractivity contribution in [3.05, 3.63) is 57.6 Å². The van der Waals surface area contributed by atoms with Crippen LogP contribution in [0.25, 0.3) is 0 Å². The summed E-state index contributed by atoms with van der Waals surface area (Å²) >= 11 is 6.19. The third-order valence-corrected chi connectivity index (χ3v) is 5.23. The van der Waals surface area contributed by atoms with Crippen molar-refractivity contribution in [2.24, 2.45) is 0 Å². The molecule has 2 atom stereocenters.